The maximum atomic E-state index is 4.79. The molecule has 0 aliphatic carbocycles. The molecule has 0 unspecified atom stereocenters. The van der Waals surface area contributed by atoms with Crippen molar-refractivity contribution in [1.29, 1.82) is 0 Å². The van der Waals surface area contributed by atoms with Crippen LogP contribution in [0.2, 0.25) is 0 Å². The summed E-state index contributed by atoms with van der Waals surface area (Å²) >= 11 is 0. The molecule has 1 aliphatic rings. The van der Waals surface area contributed by atoms with Gasteiger partial charge in [0.25, 0.3) is 0 Å². The number of likely N-dealkylation sites (tertiary alicyclic amines) is 1. The molecule has 1 fully saturated rings. The van der Waals surface area contributed by atoms with E-state index in [4.69, 9.17) is 4.98 Å². The van der Waals surface area contributed by atoms with E-state index in [9.17, 15) is 0 Å². The van der Waals surface area contributed by atoms with E-state index < -0.39 is 0 Å². The highest BCUT2D eigenvalue weighted by molar-refractivity contribution is 5.41. The van der Waals surface area contributed by atoms with Crippen LogP contribution in [0.5, 0.6) is 0 Å². The molecule has 1 aliphatic heterocycles. The summed E-state index contributed by atoms with van der Waals surface area (Å²) < 4.78 is 0. The molecule has 0 radical (unpaired) electrons. The number of nitrogens with zero attached hydrogens (tertiary/aromatic N) is 3. The normalized spacial score (nSPS) is 20.1. The molecule has 2 heterocycles. The van der Waals surface area contributed by atoms with Gasteiger partial charge >= 0.3 is 0 Å². The summed E-state index contributed by atoms with van der Waals surface area (Å²) in [7, 11) is 0. The zero-order chi connectivity index (χ0) is 16.3. The van der Waals surface area contributed by atoms with Crippen LogP contribution in [-0.4, -0.2) is 34.6 Å². The lowest BCUT2D eigenvalue weighted by atomic mass is 9.95. The van der Waals surface area contributed by atoms with Crippen LogP contribution in [0.4, 0.5) is 5.82 Å². The lowest BCUT2D eigenvalue weighted by molar-refractivity contribution is 0.112. The monoisotopic (exact) mass is 303 g/mol. The average Bonchev–Trinajstić information content (AvgIpc) is 2.47. The Kier molecular flexibility index (Phi) is 5.85. The fraction of sp³-hybridized carbons (Fsp3) is 0.737. The lowest BCUT2D eigenvalue weighted by Crippen LogP contribution is -2.39. The molecule has 0 saturated carbocycles. The average molecular weight is 303 g/mol. The van der Waals surface area contributed by atoms with E-state index in [2.05, 4.69) is 69.7 Å². The minimum Gasteiger partial charge on any atom is -0.352 e. The molecule has 124 valence electrons. The Morgan fingerprint density at radius 1 is 1.05 bits per heavy atom. The van der Waals surface area contributed by atoms with Gasteiger partial charge in [0.1, 0.15) is 5.82 Å². The van der Waals surface area contributed by atoms with E-state index in [0.29, 0.717) is 24.2 Å². The van der Waals surface area contributed by atoms with Gasteiger partial charge in [-0.15, -0.1) is 0 Å². The summed E-state index contributed by atoms with van der Waals surface area (Å²) in [6, 6.07) is 6.60. The van der Waals surface area contributed by atoms with Crippen LogP contribution in [0.25, 0.3) is 0 Å². The van der Waals surface area contributed by atoms with Crippen molar-refractivity contribution in [2.45, 2.75) is 85.0 Å². The number of piperidine rings is 1. The van der Waals surface area contributed by atoms with Crippen molar-refractivity contribution in [2.75, 3.05) is 11.4 Å². The second-order valence-corrected chi connectivity index (χ2v) is 7.39. The molecule has 3 heteroatoms. The molecule has 1 aromatic rings. The first-order chi connectivity index (χ1) is 10.4. The van der Waals surface area contributed by atoms with E-state index in [-0.39, 0.29) is 0 Å². The second kappa shape index (κ2) is 7.45. The summed E-state index contributed by atoms with van der Waals surface area (Å²) in [5.74, 6) is 1.10. The lowest BCUT2D eigenvalue weighted by Gasteiger charge is -2.39. The van der Waals surface area contributed by atoms with Gasteiger partial charge in [-0.3, -0.25) is 4.90 Å². The third kappa shape index (κ3) is 3.81. The first-order valence-corrected chi connectivity index (χ1v) is 8.91. The van der Waals surface area contributed by atoms with Gasteiger partial charge in [0.05, 0.1) is 0 Å². The summed E-state index contributed by atoms with van der Waals surface area (Å²) in [5.41, 5.74) is 1.38. The molecule has 0 N–H and O–H groups in total. The van der Waals surface area contributed by atoms with Gasteiger partial charge in [-0.1, -0.05) is 12.5 Å². The Balaban J connectivity index is 2.20. The largest absolute Gasteiger partial charge is 0.352 e. The Labute approximate surface area is 136 Å². The number of pyridine rings is 1. The Bertz CT molecular complexity index is 442. The minimum atomic E-state index is 0.472. The van der Waals surface area contributed by atoms with Crippen molar-refractivity contribution in [3.05, 3.63) is 23.9 Å². The number of anilines is 1. The SMILES string of the molecule is CC(C)N(c1ccc([C@H]2CCCCN2C(C)C)cn1)C(C)C. The molecule has 1 saturated heterocycles. The van der Waals surface area contributed by atoms with E-state index in [0.717, 1.165) is 5.82 Å². The van der Waals surface area contributed by atoms with Gasteiger partial charge in [0, 0.05) is 30.4 Å². The Morgan fingerprint density at radius 2 is 1.73 bits per heavy atom. The Hall–Kier alpha value is -1.09. The predicted octanol–water partition coefficient (Wildman–Crippen LogP) is 4.64. The molecule has 2 rings (SSSR count). The highest BCUT2D eigenvalue weighted by Crippen LogP contribution is 2.32. The molecule has 0 bridgehead atoms. The van der Waals surface area contributed by atoms with Gasteiger partial charge in [0.2, 0.25) is 0 Å². The minimum absolute atomic E-state index is 0.472. The first kappa shape index (κ1) is 17.3. The van der Waals surface area contributed by atoms with Crippen molar-refractivity contribution in [2.24, 2.45) is 0 Å². The van der Waals surface area contributed by atoms with Gasteiger partial charge in [-0.05, 0) is 72.6 Å². The molecular weight excluding hydrogens is 270 g/mol. The summed E-state index contributed by atoms with van der Waals surface area (Å²) in [5, 5.41) is 0. The second-order valence-electron chi connectivity index (χ2n) is 7.39. The molecule has 1 atom stereocenters. The molecule has 0 aromatic carbocycles. The van der Waals surface area contributed by atoms with Gasteiger partial charge in [-0.2, -0.15) is 0 Å². The van der Waals surface area contributed by atoms with E-state index in [1.807, 2.05) is 0 Å². The number of rotatable bonds is 5. The summed E-state index contributed by atoms with van der Waals surface area (Å²) in [6.07, 6.45) is 6.03. The van der Waals surface area contributed by atoms with E-state index in [1.165, 1.54) is 31.4 Å². The fourth-order valence-corrected chi connectivity index (χ4v) is 3.80. The highest BCUT2D eigenvalue weighted by Gasteiger charge is 2.26. The third-order valence-electron chi connectivity index (χ3n) is 4.74. The van der Waals surface area contributed by atoms with Crippen LogP contribution in [0.1, 0.15) is 72.4 Å². The first-order valence-electron chi connectivity index (χ1n) is 8.91. The number of hydrogen-bond acceptors (Lipinski definition) is 3. The van der Waals surface area contributed by atoms with Crippen LogP contribution in [0.3, 0.4) is 0 Å². The van der Waals surface area contributed by atoms with Crippen molar-refractivity contribution >= 4 is 5.82 Å². The van der Waals surface area contributed by atoms with Gasteiger partial charge in [0.15, 0.2) is 0 Å². The quantitative estimate of drug-likeness (QED) is 0.790. The topological polar surface area (TPSA) is 19.4 Å². The van der Waals surface area contributed by atoms with Crippen LogP contribution in [0.15, 0.2) is 18.3 Å². The maximum absolute atomic E-state index is 4.79. The number of hydrogen-bond donors (Lipinski definition) is 0. The van der Waals surface area contributed by atoms with Gasteiger partial charge < -0.3 is 4.90 Å². The zero-order valence-electron chi connectivity index (χ0n) is 15.2. The number of aromatic nitrogens is 1. The van der Waals surface area contributed by atoms with Crippen LogP contribution in [-0.2, 0) is 0 Å². The molecule has 0 amide bonds. The molecule has 1 aromatic heterocycles. The summed E-state index contributed by atoms with van der Waals surface area (Å²) in [4.78, 5) is 9.80. The molecule has 3 nitrogen and oxygen atoms in total. The van der Waals surface area contributed by atoms with Crippen molar-refractivity contribution in [1.82, 2.24) is 9.88 Å². The maximum Gasteiger partial charge on any atom is 0.128 e. The van der Waals surface area contributed by atoms with E-state index >= 15 is 0 Å². The van der Waals surface area contributed by atoms with Crippen molar-refractivity contribution in [3.63, 3.8) is 0 Å². The van der Waals surface area contributed by atoms with E-state index in [1.54, 1.807) is 0 Å². The Morgan fingerprint density at radius 3 is 2.23 bits per heavy atom. The predicted molar refractivity (Wildman–Crippen MR) is 95.4 cm³/mol. The van der Waals surface area contributed by atoms with Crippen LogP contribution >= 0.6 is 0 Å². The fourth-order valence-electron chi connectivity index (χ4n) is 3.80. The summed E-state index contributed by atoms with van der Waals surface area (Å²) in [6.45, 7) is 14.8. The zero-order valence-corrected chi connectivity index (χ0v) is 15.2. The van der Waals surface area contributed by atoms with Crippen molar-refractivity contribution in [3.8, 4) is 0 Å². The third-order valence-corrected chi connectivity index (χ3v) is 4.74. The van der Waals surface area contributed by atoms with Gasteiger partial charge in [-0.25, -0.2) is 4.98 Å². The standard InChI is InChI=1S/C19H33N3/c1-14(2)21-12-8-7-9-18(21)17-10-11-19(20-13-17)22(15(3)4)16(5)6/h10-11,13-16,18H,7-9,12H2,1-6H3/t18-/m1/s1. The van der Waals surface area contributed by atoms with Crippen LogP contribution in [0, 0.1) is 0 Å². The molecule has 22 heavy (non-hydrogen) atoms. The van der Waals surface area contributed by atoms with Crippen molar-refractivity contribution < 1.29 is 0 Å². The molecule has 0 spiro atoms. The van der Waals surface area contributed by atoms with Crippen LogP contribution < -0.4 is 4.90 Å². The molecular formula is C19H33N3. The smallest absolute Gasteiger partial charge is 0.128 e. The highest BCUT2D eigenvalue weighted by atomic mass is 15.2.